The summed E-state index contributed by atoms with van der Waals surface area (Å²) < 4.78 is 60.9. The molecular formula is C7H9NO6S2. The summed E-state index contributed by atoms with van der Waals surface area (Å²) in [5.74, 6) is 0. The van der Waals surface area contributed by atoms with Crippen LogP contribution in [-0.2, 0) is 20.2 Å². The van der Waals surface area contributed by atoms with Crippen molar-refractivity contribution in [1.29, 1.82) is 0 Å². The Bertz CT molecular complexity index is 591. The molecule has 0 heterocycles. The third-order valence-corrected chi connectivity index (χ3v) is 3.65. The maximum atomic E-state index is 10.9. The zero-order valence-corrected chi connectivity index (χ0v) is 9.44. The van der Waals surface area contributed by atoms with E-state index in [1.165, 1.54) is 12.1 Å². The highest BCUT2D eigenvalue weighted by Gasteiger charge is 2.26. The van der Waals surface area contributed by atoms with E-state index in [2.05, 4.69) is 0 Å². The van der Waals surface area contributed by atoms with Crippen LogP contribution in [0.15, 0.2) is 29.2 Å². The molecule has 90 valence electrons. The van der Waals surface area contributed by atoms with Gasteiger partial charge < -0.3 is 5.73 Å². The molecule has 0 bridgehead atoms. The van der Waals surface area contributed by atoms with Crippen LogP contribution in [0.4, 0.5) is 0 Å². The molecule has 7 nitrogen and oxygen atoms in total. The van der Waals surface area contributed by atoms with E-state index in [0.29, 0.717) is 0 Å². The van der Waals surface area contributed by atoms with Crippen LogP contribution in [0.2, 0.25) is 0 Å². The molecule has 0 spiro atoms. The highest BCUT2D eigenvalue weighted by atomic mass is 32.2. The van der Waals surface area contributed by atoms with Gasteiger partial charge in [0.1, 0.15) is 0 Å². The summed E-state index contributed by atoms with van der Waals surface area (Å²) in [5, 5.41) is -1.93. The molecule has 0 aliphatic carbocycles. The lowest BCUT2D eigenvalue weighted by atomic mass is 10.2. The normalized spacial score (nSPS) is 14.7. The van der Waals surface area contributed by atoms with Crippen molar-refractivity contribution in [2.45, 2.75) is 10.3 Å². The van der Waals surface area contributed by atoms with E-state index in [1.54, 1.807) is 0 Å². The van der Waals surface area contributed by atoms with Gasteiger partial charge in [-0.3, -0.25) is 9.11 Å². The van der Waals surface area contributed by atoms with Crippen molar-refractivity contribution < 1.29 is 25.9 Å². The average molecular weight is 267 g/mol. The standard InChI is InChI=1S/C7H9NO6S2/c8-7(16(12,13)14)5-3-1-2-4-6(5)15(9,10)11/h1-4,7H,8H2,(H,9,10,11)(H,12,13,14). The maximum Gasteiger partial charge on any atom is 0.294 e. The van der Waals surface area contributed by atoms with Crippen LogP contribution in [0.25, 0.3) is 0 Å². The number of rotatable bonds is 3. The molecule has 9 heteroatoms. The van der Waals surface area contributed by atoms with Gasteiger partial charge in [-0.2, -0.15) is 16.8 Å². The van der Waals surface area contributed by atoms with E-state index in [0.717, 1.165) is 12.1 Å². The lowest BCUT2D eigenvalue weighted by molar-refractivity contribution is 0.467. The predicted octanol–water partition coefficient (Wildman–Crippen LogP) is -0.222. The molecule has 1 aromatic rings. The topological polar surface area (TPSA) is 135 Å². The summed E-state index contributed by atoms with van der Waals surface area (Å²) in [4.78, 5) is -0.653. The van der Waals surface area contributed by atoms with Gasteiger partial charge in [0.15, 0.2) is 5.37 Å². The minimum absolute atomic E-state index is 0.396. The van der Waals surface area contributed by atoms with E-state index in [1.807, 2.05) is 0 Å². The Morgan fingerprint density at radius 1 is 1.06 bits per heavy atom. The summed E-state index contributed by atoms with van der Waals surface area (Å²) in [6.45, 7) is 0. The zero-order valence-electron chi connectivity index (χ0n) is 7.81. The molecule has 4 N–H and O–H groups in total. The van der Waals surface area contributed by atoms with Crippen molar-refractivity contribution in [2.24, 2.45) is 5.73 Å². The number of benzene rings is 1. The Hall–Kier alpha value is -1.00. The molecule has 0 aromatic heterocycles. The minimum Gasteiger partial charge on any atom is -0.309 e. The lowest BCUT2D eigenvalue weighted by Crippen LogP contribution is -2.23. The number of hydrogen-bond donors (Lipinski definition) is 3. The van der Waals surface area contributed by atoms with E-state index in [-0.39, 0.29) is 0 Å². The van der Waals surface area contributed by atoms with Gasteiger partial charge in [0, 0.05) is 5.56 Å². The van der Waals surface area contributed by atoms with Crippen molar-refractivity contribution >= 4 is 20.2 Å². The first kappa shape index (κ1) is 13.1. The molecule has 0 radical (unpaired) electrons. The molecule has 0 aliphatic rings. The van der Waals surface area contributed by atoms with Gasteiger partial charge in [-0.25, -0.2) is 0 Å². The smallest absolute Gasteiger partial charge is 0.294 e. The fraction of sp³-hybridized carbons (Fsp3) is 0.143. The van der Waals surface area contributed by atoms with E-state index >= 15 is 0 Å². The second kappa shape index (κ2) is 4.11. The highest BCUT2D eigenvalue weighted by molar-refractivity contribution is 7.87. The fourth-order valence-corrected chi connectivity index (χ4v) is 2.46. The molecular weight excluding hydrogens is 258 g/mol. The van der Waals surface area contributed by atoms with Gasteiger partial charge in [0.2, 0.25) is 0 Å². The molecule has 16 heavy (non-hydrogen) atoms. The molecule has 1 aromatic carbocycles. The molecule has 0 aliphatic heterocycles. The van der Waals surface area contributed by atoms with Gasteiger partial charge in [-0.15, -0.1) is 0 Å². The summed E-state index contributed by atoms with van der Waals surface area (Å²) in [6, 6.07) is 4.68. The maximum absolute atomic E-state index is 10.9. The summed E-state index contributed by atoms with van der Waals surface area (Å²) >= 11 is 0. The largest absolute Gasteiger partial charge is 0.309 e. The molecule has 0 saturated heterocycles. The average Bonchev–Trinajstić information content (AvgIpc) is 2.14. The third-order valence-electron chi connectivity index (χ3n) is 1.82. The number of nitrogens with two attached hydrogens (primary N) is 1. The predicted molar refractivity (Wildman–Crippen MR) is 54.7 cm³/mol. The van der Waals surface area contributed by atoms with Crippen molar-refractivity contribution in [3.8, 4) is 0 Å². The van der Waals surface area contributed by atoms with Crippen LogP contribution >= 0.6 is 0 Å². The molecule has 0 amide bonds. The Morgan fingerprint density at radius 2 is 1.56 bits per heavy atom. The first-order chi connectivity index (χ1) is 7.14. The van der Waals surface area contributed by atoms with Crippen molar-refractivity contribution in [3.63, 3.8) is 0 Å². The first-order valence-corrected chi connectivity index (χ1v) is 6.86. The van der Waals surface area contributed by atoms with E-state index in [9.17, 15) is 16.8 Å². The highest BCUT2D eigenvalue weighted by Crippen LogP contribution is 2.23. The molecule has 0 fully saturated rings. The summed E-state index contributed by atoms with van der Waals surface area (Å²) in [6.07, 6.45) is 0. The van der Waals surface area contributed by atoms with Crippen molar-refractivity contribution in [2.75, 3.05) is 0 Å². The monoisotopic (exact) mass is 267 g/mol. The quantitative estimate of drug-likeness (QED) is 0.644. The van der Waals surface area contributed by atoms with Crippen LogP contribution < -0.4 is 5.73 Å². The molecule has 1 atom stereocenters. The van der Waals surface area contributed by atoms with E-state index < -0.39 is 36.1 Å². The Morgan fingerprint density at radius 3 is 2.00 bits per heavy atom. The SMILES string of the molecule is NC(c1ccccc1S(=O)(=O)O)S(=O)(=O)O. The van der Waals surface area contributed by atoms with Crippen molar-refractivity contribution in [1.82, 2.24) is 0 Å². The summed E-state index contributed by atoms with van der Waals surface area (Å²) in [7, 11) is -9.23. The van der Waals surface area contributed by atoms with Crippen LogP contribution in [0.5, 0.6) is 0 Å². The van der Waals surface area contributed by atoms with Gasteiger partial charge in [0.05, 0.1) is 4.90 Å². The molecule has 1 rings (SSSR count). The zero-order chi connectivity index (χ0) is 12.6. The van der Waals surface area contributed by atoms with Gasteiger partial charge in [-0.1, -0.05) is 18.2 Å². The van der Waals surface area contributed by atoms with Crippen LogP contribution in [-0.4, -0.2) is 25.9 Å². The van der Waals surface area contributed by atoms with Gasteiger partial charge in [0.25, 0.3) is 20.2 Å². The van der Waals surface area contributed by atoms with Gasteiger partial charge in [-0.05, 0) is 6.07 Å². The Kier molecular flexibility index (Phi) is 3.35. The molecule has 0 saturated carbocycles. The number of hydrogen-bond acceptors (Lipinski definition) is 5. The van der Waals surface area contributed by atoms with E-state index in [4.69, 9.17) is 14.8 Å². The first-order valence-electron chi connectivity index (χ1n) is 3.92. The van der Waals surface area contributed by atoms with Crippen LogP contribution in [0, 0.1) is 0 Å². The molecule has 1 unspecified atom stereocenters. The summed E-state index contributed by atoms with van der Waals surface area (Å²) in [5.41, 5.74) is 4.76. The fourth-order valence-electron chi connectivity index (χ4n) is 1.11. The van der Waals surface area contributed by atoms with Crippen LogP contribution in [0.1, 0.15) is 10.9 Å². The third kappa shape index (κ3) is 2.77. The second-order valence-electron chi connectivity index (χ2n) is 2.95. The van der Waals surface area contributed by atoms with Crippen molar-refractivity contribution in [3.05, 3.63) is 29.8 Å². The Labute approximate surface area is 92.4 Å². The minimum atomic E-state index is -4.64. The Balaban J connectivity index is 3.48. The van der Waals surface area contributed by atoms with Gasteiger partial charge >= 0.3 is 0 Å². The lowest BCUT2D eigenvalue weighted by Gasteiger charge is -2.11. The van der Waals surface area contributed by atoms with Crippen LogP contribution in [0.3, 0.4) is 0 Å². The second-order valence-corrected chi connectivity index (χ2v) is 5.88.